The first kappa shape index (κ1) is 24.4. The fourth-order valence-electron chi connectivity index (χ4n) is 4.58. The number of thiophene rings is 1. The quantitative estimate of drug-likeness (QED) is 0.339. The summed E-state index contributed by atoms with van der Waals surface area (Å²) in [5.74, 6) is 1.69. The molecule has 1 aliphatic heterocycles. The van der Waals surface area contributed by atoms with Gasteiger partial charge in [-0.1, -0.05) is 24.3 Å². The summed E-state index contributed by atoms with van der Waals surface area (Å²) >= 11 is 1.66. The highest BCUT2D eigenvalue weighted by molar-refractivity contribution is 7.15. The summed E-state index contributed by atoms with van der Waals surface area (Å²) in [7, 11) is 2.99. The van der Waals surface area contributed by atoms with Crippen LogP contribution >= 0.6 is 11.3 Å². The zero-order valence-electron chi connectivity index (χ0n) is 21.2. The van der Waals surface area contributed by atoms with Gasteiger partial charge in [0.2, 0.25) is 0 Å². The number of nitriles is 1. The summed E-state index contributed by atoms with van der Waals surface area (Å²) in [5.41, 5.74) is 6.16. The van der Waals surface area contributed by atoms with Crippen molar-refractivity contribution in [3.8, 4) is 27.9 Å². The summed E-state index contributed by atoms with van der Waals surface area (Å²) in [5, 5.41) is 19.1. The van der Waals surface area contributed by atoms with Crippen molar-refractivity contribution in [1.82, 2.24) is 14.8 Å². The lowest BCUT2D eigenvalue weighted by Gasteiger charge is -2.13. The standard InChI is InChI=1S/C28H25N5O3S/c1-15-16(2)37-28-25(15)26(30-22(13-24(34)36-5)27-32-31-17(3)33(27)28)20-9-7-19(8-10-20)21-12-18(14-29)6-11-23(21)35-4/h6-12,22H,13H2,1-5H3/t22-/m0/s1. The highest BCUT2D eigenvalue weighted by atomic mass is 32.1. The Kier molecular flexibility index (Phi) is 6.36. The summed E-state index contributed by atoms with van der Waals surface area (Å²) in [6, 6.07) is 15.0. The molecule has 37 heavy (non-hydrogen) atoms. The number of hydrogen-bond acceptors (Lipinski definition) is 8. The molecule has 8 nitrogen and oxygen atoms in total. The molecule has 2 aromatic carbocycles. The van der Waals surface area contributed by atoms with Crippen LogP contribution in [-0.2, 0) is 9.53 Å². The minimum absolute atomic E-state index is 0.0569. The van der Waals surface area contributed by atoms with E-state index >= 15 is 0 Å². The van der Waals surface area contributed by atoms with Gasteiger partial charge in [-0.15, -0.1) is 21.5 Å². The van der Waals surface area contributed by atoms with E-state index in [2.05, 4.69) is 30.1 Å². The van der Waals surface area contributed by atoms with E-state index in [0.29, 0.717) is 17.1 Å². The minimum Gasteiger partial charge on any atom is -0.496 e. The van der Waals surface area contributed by atoms with Gasteiger partial charge in [0.1, 0.15) is 22.6 Å². The van der Waals surface area contributed by atoms with E-state index in [9.17, 15) is 10.1 Å². The van der Waals surface area contributed by atoms with Crippen LogP contribution in [0.25, 0.3) is 16.1 Å². The highest BCUT2D eigenvalue weighted by Gasteiger charge is 2.32. The zero-order valence-corrected chi connectivity index (χ0v) is 22.0. The number of hydrogen-bond donors (Lipinski definition) is 0. The Morgan fingerprint density at radius 3 is 2.49 bits per heavy atom. The Balaban J connectivity index is 1.67. The fraction of sp³-hybridized carbons (Fsp3) is 0.250. The third kappa shape index (κ3) is 4.19. The predicted molar refractivity (Wildman–Crippen MR) is 142 cm³/mol. The van der Waals surface area contributed by atoms with Gasteiger partial charge < -0.3 is 9.47 Å². The second-order valence-electron chi connectivity index (χ2n) is 8.78. The van der Waals surface area contributed by atoms with E-state index in [1.54, 1.807) is 30.6 Å². The van der Waals surface area contributed by atoms with Gasteiger partial charge in [0.05, 0.1) is 38.0 Å². The van der Waals surface area contributed by atoms with Crippen molar-refractivity contribution in [2.75, 3.05) is 14.2 Å². The maximum absolute atomic E-state index is 12.3. The van der Waals surface area contributed by atoms with Crippen LogP contribution in [0.5, 0.6) is 5.75 Å². The molecule has 4 aromatic rings. The van der Waals surface area contributed by atoms with Gasteiger partial charge in [-0.3, -0.25) is 14.4 Å². The molecule has 9 heteroatoms. The second-order valence-corrected chi connectivity index (χ2v) is 9.99. The maximum Gasteiger partial charge on any atom is 0.308 e. The first-order chi connectivity index (χ1) is 17.9. The molecular formula is C28H25N5O3S. The molecule has 0 aliphatic carbocycles. The summed E-state index contributed by atoms with van der Waals surface area (Å²) in [6.45, 7) is 6.09. The lowest BCUT2D eigenvalue weighted by molar-refractivity contribution is -0.141. The molecule has 1 atom stereocenters. The van der Waals surface area contributed by atoms with Crippen LogP contribution in [0.3, 0.4) is 0 Å². The molecule has 0 bridgehead atoms. The van der Waals surface area contributed by atoms with E-state index in [1.807, 2.05) is 41.8 Å². The average Bonchev–Trinajstić information content (AvgIpc) is 3.40. The van der Waals surface area contributed by atoms with Crippen LogP contribution in [0.2, 0.25) is 0 Å². The van der Waals surface area contributed by atoms with Gasteiger partial charge in [0.15, 0.2) is 5.82 Å². The van der Waals surface area contributed by atoms with Crippen molar-refractivity contribution in [3.63, 3.8) is 0 Å². The summed E-state index contributed by atoms with van der Waals surface area (Å²) in [6.07, 6.45) is 0.0569. The van der Waals surface area contributed by atoms with E-state index in [0.717, 1.165) is 44.4 Å². The highest BCUT2D eigenvalue weighted by Crippen LogP contribution is 2.40. The Morgan fingerprint density at radius 2 is 1.81 bits per heavy atom. The number of carbonyl (C=O) groups is 1. The predicted octanol–water partition coefficient (Wildman–Crippen LogP) is 5.26. The first-order valence-electron chi connectivity index (χ1n) is 11.7. The number of aliphatic imine (C=N–C) groups is 1. The van der Waals surface area contributed by atoms with Gasteiger partial charge >= 0.3 is 5.97 Å². The SMILES string of the molecule is COC(=O)C[C@@H]1N=C(c2ccc(-c3cc(C#N)ccc3OC)cc2)c2c(sc(C)c2C)-n2c(C)nnc21. The van der Waals surface area contributed by atoms with Gasteiger partial charge in [-0.2, -0.15) is 5.26 Å². The monoisotopic (exact) mass is 511 g/mol. The number of esters is 1. The third-order valence-electron chi connectivity index (χ3n) is 6.63. The summed E-state index contributed by atoms with van der Waals surface area (Å²) in [4.78, 5) is 18.6. The van der Waals surface area contributed by atoms with Crippen molar-refractivity contribution in [2.45, 2.75) is 33.2 Å². The Morgan fingerprint density at radius 1 is 1.08 bits per heavy atom. The minimum atomic E-state index is -0.546. The number of aryl methyl sites for hydroxylation is 2. The van der Waals surface area contributed by atoms with Crippen LogP contribution in [0, 0.1) is 32.1 Å². The number of benzene rings is 2. The normalized spacial score (nSPS) is 14.2. The Bertz CT molecular complexity index is 1590. The molecule has 0 saturated heterocycles. The van der Waals surface area contributed by atoms with Crippen molar-refractivity contribution in [2.24, 2.45) is 4.99 Å². The van der Waals surface area contributed by atoms with Crippen molar-refractivity contribution < 1.29 is 14.3 Å². The van der Waals surface area contributed by atoms with E-state index in [4.69, 9.17) is 14.5 Å². The largest absolute Gasteiger partial charge is 0.496 e. The number of carbonyl (C=O) groups excluding carboxylic acids is 1. The average molecular weight is 512 g/mol. The van der Waals surface area contributed by atoms with Crippen LogP contribution in [0.15, 0.2) is 47.5 Å². The van der Waals surface area contributed by atoms with E-state index in [-0.39, 0.29) is 12.4 Å². The molecule has 1 aliphatic rings. The molecular weight excluding hydrogens is 486 g/mol. The maximum atomic E-state index is 12.3. The molecule has 0 unspecified atom stereocenters. The molecule has 0 saturated carbocycles. The number of fused-ring (bicyclic) bond motifs is 3. The van der Waals surface area contributed by atoms with Gasteiger partial charge in [0, 0.05) is 21.6 Å². The number of rotatable bonds is 5. The molecule has 2 aromatic heterocycles. The molecule has 0 radical (unpaired) electrons. The first-order valence-corrected chi connectivity index (χ1v) is 12.5. The van der Waals surface area contributed by atoms with Crippen LogP contribution in [0.4, 0.5) is 0 Å². The fourth-order valence-corrected chi connectivity index (χ4v) is 5.79. The molecule has 186 valence electrons. The van der Waals surface area contributed by atoms with Gasteiger partial charge in [0.25, 0.3) is 0 Å². The summed E-state index contributed by atoms with van der Waals surface area (Å²) < 4.78 is 12.5. The number of aromatic nitrogens is 3. The van der Waals surface area contributed by atoms with E-state index < -0.39 is 6.04 Å². The van der Waals surface area contributed by atoms with Crippen molar-refractivity contribution >= 4 is 23.0 Å². The molecule has 3 heterocycles. The van der Waals surface area contributed by atoms with Crippen LogP contribution in [0.1, 0.15) is 51.2 Å². The second kappa shape index (κ2) is 9.64. The zero-order chi connectivity index (χ0) is 26.3. The molecule has 0 spiro atoms. The third-order valence-corrected chi connectivity index (χ3v) is 7.82. The lowest BCUT2D eigenvalue weighted by Crippen LogP contribution is -2.12. The molecule has 0 amide bonds. The number of nitrogens with zero attached hydrogens (tertiary/aromatic N) is 5. The number of methoxy groups -OCH3 is 2. The molecule has 5 rings (SSSR count). The molecule has 0 N–H and O–H groups in total. The lowest BCUT2D eigenvalue weighted by atomic mass is 9.96. The Labute approximate surface area is 218 Å². The van der Waals surface area contributed by atoms with Gasteiger partial charge in [-0.05, 0) is 50.1 Å². The molecule has 0 fully saturated rings. The smallest absolute Gasteiger partial charge is 0.308 e. The van der Waals surface area contributed by atoms with Crippen LogP contribution < -0.4 is 4.74 Å². The Hall–Kier alpha value is -4.29. The van der Waals surface area contributed by atoms with Crippen molar-refractivity contribution in [1.29, 1.82) is 5.26 Å². The van der Waals surface area contributed by atoms with E-state index in [1.165, 1.54) is 12.0 Å². The van der Waals surface area contributed by atoms with Crippen molar-refractivity contribution in [3.05, 3.63) is 81.2 Å². The van der Waals surface area contributed by atoms with Crippen LogP contribution in [-0.4, -0.2) is 40.7 Å². The number of ether oxygens (including phenoxy) is 2. The van der Waals surface area contributed by atoms with Gasteiger partial charge in [-0.25, -0.2) is 0 Å². The topological polar surface area (TPSA) is 102 Å².